The van der Waals surface area contributed by atoms with Crippen LogP contribution in [0.2, 0.25) is 0 Å². The third kappa shape index (κ3) is 5.23. The van der Waals surface area contributed by atoms with Gasteiger partial charge in [-0.1, -0.05) is 30.3 Å². The van der Waals surface area contributed by atoms with Gasteiger partial charge >= 0.3 is 0 Å². The van der Waals surface area contributed by atoms with Gasteiger partial charge in [0.15, 0.2) is 0 Å². The first-order chi connectivity index (χ1) is 14.3. The molecular formula is C24H22N4O. The number of aromatic nitrogens is 4. The van der Waals surface area contributed by atoms with Gasteiger partial charge < -0.3 is 4.98 Å². The summed E-state index contributed by atoms with van der Waals surface area (Å²) in [5, 5.41) is 0. The number of aromatic amines is 1. The van der Waals surface area contributed by atoms with E-state index in [-0.39, 0.29) is 5.78 Å². The van der Waals surface area contributed by atoms with E-state index in [1.807, 2.05) is 60.8 Å². The molecule has 0 atom stereocenters. The van der Waals surface area contributed by atoms with Gasteiger partial charge in [0, 0.05) is 43.5 Å². The summed E-state index contributed by atoms with van der Waals surface area (Å²) in [6.45, 7) is 0. The van der Waals surface area contributed by atoms with Crippen molar-refractivity contribution in [3.63, 3.8) is 0 Å². The molecular weight excluding hydrogens is 360 g/mol. The van der Waals surface area contributed by atoms with E-state index < -0.39 is 0 Å². The lowest BCUT2D eigenvalue weighted by molar-refractivity contribution is -0.118. The van der Waals surface area contributed by atoms with Gasteiger partial charge in [-0.25, -0.2) is 9.97 Å². The Morgan fingerprint density at radius 2 is 1.83 bits per heavy atom. The second-order valence-corrected chi connectivity index (χ2v) is 6.98. The van der Waals surface area contributed by atoms with Crippen LogP contribution in [0.1, 0.15) is 29.1 Å². The molecule has 0 bridgehead atoms. The fraction of sp³-hybridized carbons (Fsp3) is 0.167. The second kappa shape index (κ2) is 9.06. The van der Waals surface area contributed by atoms with Crippen molar-refractivity contribution in [3.05, 3.63) is 102 Å². The molecule has 5 nitrogen and oxygen atoms in total. The Morgan fingerprint density at radius 1 is 0.897 bits per heavy atom. The molecule has 5 heteroatoms. The molecule has 0 aliphatic carbocycles. The number of nitrogens with zero attached hydrogens (tertiary/aromatic N) is 3. The first-order valence-corrected chi connectivity index (χ1v) is 9.71. The highest BCUT2D eigenvalue weighted by atomic mass is 16.1. The summed E-state index contributed by atoms with van der Waals surface area (Å²) in [7, 11) is 0. The van der Waals surface area contributed by atoms with E-state index >= 15 is 0 Å². The van der Waals surface area contributed by atoms with Crippen LogP contribution >= 0.6 is 0 Å². The van der Waals surface area contributed by atoms with Gasteiger partial charge in [0.2, 0.25) is 0 Å². The van der Waals surface area contributed by atoms with Crippen molar-refractivity contribution in [1.82, 2.24) is 19.9 Å². The standard InChI is InChI=1S/C24H22N4O/c29-21(10-9-20-7-1-2-12-25-20)16-18-5-3-6-19(15-18)17-24-27-14-11-23(28-24)22-8-4-13-26-22/h1-8,11-15,26H,9-10,16-17H2. The topological polar surface area (TPSA) is 71.5 Å². The van der Waals surface area contributed by atoms with Gasteiger partial charge in [0.05, 0.1) is 11.4 Å². The molecule has 0 fully saturated rings. The molecule has 1 aromatic carbocycles. The summed E-state index contributed by atoms with van der Waals surface area (Å²) in [6.07, 6.45) is 7.67. The van der Waals surface area contributed by atoms with Crippen molar-refractivity contribution < 1.29 is 4.79 Å². The average molecular weight is 382 g/mol. The van der Waals surface area contributed by atoms with Crippen LogP contribution in [-0.2, 0) is 24.1 Å². The Morgan fingerprint density at radius 3 is 2.66 bits per heavy atom. The Kier molecular flexibility index (Phi) is 5.86. The zero-order chi connectivity index (χ0) is 19.9. The Bertz CT molecular complexity index is 1080. The highest BCUT2D eigenvalue weighted by Crippen LogP contribution is 2.16. The first-order valence-electron chi connectivity index (χ1n) is 9.71. The number of carbonyl (C=O) groups is 1. The Balaban J connectivity index is 1.38. The molecule has 144 valence electrons. The molecule has 1 N–H and O–H groups in total. The van der Waals surface area contributed by atoms with E-state index in [9.17, 15) is 4.79 Å². The summed E-state index contributed by atoms with van der Waals surface area (Å²) in [5.74, 6) is 0.980. The van der Waals surface area contributed by atoms with Gasteiger partial charge in [-0.05, 0) is 47.9 Å². The predicted molar refractivity (Wildman–Crippen MR) is 112 cm³/mol. The number of hydrogen-bond acceptors (Lipinski definition) is 4. The third-order valence-corrected chi connectivity index (χ3v) is 4.72. The maximum atomic E-state index is 12.4. The van der Waals surface area contributed by atoms with Crippen molar-refractivity contribution in [2.24, 2.45) is 0 Å². The SMILES string of the molecule is O=C(CCc1ccccn1)Cc1cccc(Cc2nccc(-c3ccc[nH]3)n2)c1. The number of pyridine rings is 1. The molecule has 29 heavy (non-hydrogen) atoms. The molecule has 0 radical (unpaired) electrons. The molecule has 0 aliphatic heterocycles. The van der Waals surface area contributed by atoms with Crippen LogP contribution in [0.3, 0.4) is 0 Å². The van der Waals surface area contributed by atoms with Crippen molar-refractivity contribution in [3.8, 4) is 11.4 Å². The molecule has 0 amide bonds. The smallest absolute Gasteiger partial charge is 0.137 e. The number of Topliss-reactive ketones (excluding diaryl/α,β-unsaturated/α-hetero) is 1. The minimum atomic E-state index is 0.220. The van der Waals surface area contributed by atoms with Crippen LogP contribution in [0, 0.1) is 0 Å². The molecule has 0 saturated carbocycles. The van der Waals surface area contributed by atoms with E-state index in [4.69, 9.17) is 0 Å². The minimum absolute atomic E-state index is 0.220. The molecule has 3 heterocycles. The van der Waals surface area contributed by atoms with E-state index in [1.165, 1.54) is 0 Å². The lowest BCUT2D eigenvalue weighted by atomic mass is 10.0. The molecule has 4 aromatic rings. The van der Waals surface area contributed by atoms with Crippen LogP contribution < -0.4 is 0 Å². The summed E-state index contributed by atoms with van der Waals surface area (Å²) in [5.41, 5.74) is 4.92. The van der Waals surface area contributed by atoms with Gasteiger partial charge in [0.1, 0.15) is 11.6 Å². The van der Waals surface area contributed by atoms with E-state index in [0.29, 0.717) is 25.7 Å². The molecule has 3 aromatic heterocycles. The van der Waals surface area contributed by atoms with E-state index in [1.54, 1.807) is 12.4 Å². The second-order valence-electron chi connectivity index (χ2n) is 6.98. The monoisotopic (exact) mass is 382 g/mol. The maximum absolute atomic E-state index is 12.4. The third-order valence-electron chi connectivity index (χ3n) is 4.72. The number of rotatable bonds is 8. The van der Waals surface area contributed by atoms with Gasteiger partial charge in [-0.15, -0.1) is 0 Å². The number of ketones is 1. The maximum Gasteiger partial charge on any atom is 0.137 e. The number of benzene rings is 1. The van der Waals surface area contributed by atoms with E-state index in [2.05, 4.69) is 26.0 Å². The highest BCUT2D eigenvalue weighted by molar-refractivity contribution is 5.81. The van der Waals surface area contributed by atoms with Crippen LogP contribution in [-0.4, -0.2) is 25.7 Å². The normalized spacial score (nSPS) is 10.8. The van der Waals surface area contributed by atoms with Crippen molar-refractivity contribution in [2.45, 2.75) is 25.7 Å². The minimum Gasteiger partial charge on any atom is -0.360 e. The lowest BCUT2D eigenvalue weighted by Gasteiger charge is -2.06. The average Bonchev–Trinajstić information content (AvgIpc) is 3.29. The van der Waals surface area contributed by atoms with Crippen molar-refractivity contribution in [1.29, 1.82) is 0 Å². The van der Waals surface area contributed by atoms with Gasteiger partial charge in [0.25, 0.3) is 0 Å². The lowest BCUT2D eigenvalue weighted by Crippen LogP contribution is -2.05. The molecule has 0 saturated heterocycles. The molecule has 0 unspecified atom stereocenters. The summed E-state index contributed by atoms with van der Waals surface area (Å²) >= 11 is 0. The van der Waals surface area contributed by atoms with Crippen molar-refractivity contribution >= 4 is 5.78 Å². The Labute approximate surface area is 169 Å². The largest absolute Gasteiger partial charge is 0.360 e. The quantitative estimate of drug-likeness (QED) is 0.496. The molecule has 0 aliphatic rings. The zero-order valence-corrected chi connectivity index (χ0v) is 16.1. The van der Waals surface area contributed by atoms with E-state index in [0.717, 1.165) is 34.0 Å². The Hall–Kier alpha value is -3.60. The number of carbonyl (C=O) groups excluding carboxylic acids is 1. The van der Waals surface area contributed by atoms with Gasteiger partial charge in [-0.2, -0.15) is 0 Å². The number of nitrogens with one attached hydrogen (secondary N) is 1. The molecule has 4 rings (SSSR count). The summed E-state index contributed by atoms with van der Waals surface area (Å²) in [6, 6.07) is 19.7. The number of hydrogen-bond donors (Lipinski definition) is 1. The predicted octanol–water partition coefficient (Wildman–Crippen LogP) is 4.20. The fourth-order valence-electron chi connectivity index (χ4n) is 3.29. The zero-order valence-electron chi connectivity index (χ0n) is 16.1. The van der Waals surface area contributed by atoms with Crippen LogP contribution in [0.15, 0.2) is 79.3 Å². The number of H-pyrrole nitrogens is 1. The fourth-order valence-corrected chi connectivity index (χ4v) is 3.29. The molecule has 0 spiro atoms. The van der Waals surface area contributed by atoms with Crippen LogP contribution in [0.25, 0.3) is 11.4 Å². The summed E-state index contributed by atoms with van der Waals surface area (Å²) < 4.78 is 0. The van der Waals surface area contributed by atoms with Gasteiger partial charge in [-0.3, -0.25) is 9.78 Å². The summed E-state index contributed by atoms with van der Waals surface area (Å²) in [4.78, 5) is 28.9. The number of aryl methyl sites for hydroxylation is 1. The first kappa shape index (κ1) is 18.7. The highest BCUT2D eigenvalue weighted by Gasteiger charge is 2.08. The van der Waals surface area contributed by atoms with Crippen LogP contribution in [0.4, 0.5) is 0 Å². The van der Waals surface area contributed by atoms with Crippen LogP contribution in [0.5, 0.6) is 0 Å². The van der Waals surface area contributed by atoms with Crippen molar-refractivity contribution in [2.75, 3.05) is 0 Å².